The molecule has 0 spiro atoms. The maximum absolute atomic E-state index is 11.9. The number of ether oxygens (including phenoxy) is 1. The summed E-state index contributed by atoms with van der Waals surface area (Å²) in [5.41, 5.74) is 2.59. The number of rotatable bonds is 2. The Labute approximate surface area is 119 Å². The molecule has 0 radical (unpaired) electrons. The molecule has 0 N–H and O–H groups in total. The molecule has 1 aliphatic carbocycles. The van der Waals surface area contributed by atoms with Crippen LogP contribution in [-0.2, 0) is 9.53 Å². The molecular weight excluding hydrogens is 250 g/mol. The highest BCUT2D eigenvalue weighted by atomic mass is 16.6. The second kappa shape index (κ2) is 5.61. The summed E-state index contributed by atoms with van der Waals surface area (Å²) in [5, 5.41) is 0. The van der Waals surface area contributed by atoms with Crippen LogP contribution in [-0.4, -0.2) is 11.9 Å². The summed E-state index contributed by atoms with van der Waals surface area (Å²) < 4.78 is 5.37. The number of aliphatic imine (C=N–C) groups is 1. The number of nitrogens with zero attached hydrogens (tertiary/aromatic N) is 1. The topological polar surface area (TPSA) is 38.7 Å². The molecule has 3 heteroatoms. The first-order valence-electron chi connectivity index (χ1n) is 7.32. The predicted molar refractivity (Wildman–Crippen MR) is 79.3 cm³/mol. The number of hydrogen-bond acceptors (Lipinski definition) is 3. The van der Waals surface area contributed by atoms with Gasteiger partial charge in [0, 0.05) is 5.92 Å². The molecule has 0 bridgehead atoms. The van der Waals surface area contributed by atoms with E-state index in [1.54, 1.807) is 0 Å². The van der Waals surface area contributed by atoms with Crippen molar-refractivity contribution in [1.29, 1.82) is 0 Å². The first-order chi connectivity index (χ1) is 9.74. The molecule has 104 valence electrons. The van der Waals surface area contributed by atoms with Gasteiger partial charge in [-0.05, 0) is 37.0 Å². The Morgan fingerprint density at radius 3 is 2.70 bits per heavy atom. The number of esters is 1. The van der Waals surface area contributed by atoms with Gasteiger partial charge < -0.3 is 4.74 Å². The highest BCUT2D eigenvalue weighted by Crippen LogP contribution is 2.29. The Bertz CT molecular complexity index is 580. The maximum atomic E-state index is 11.9. The maximum Gasteiger partial charge on any atom is 0.363 e. The molecule has 3 rings (SSSR count). The average molecular weight is 269 g/mol. The summed E-state index contributed by atoms with van der Waals surface area (Å²) in [6.45, 7) is 2.03. The van der Waals surface area contributed by atoms with Crippen LogP contribution >= 0.6 is 0 Å². The number of cyclic esters (lactones) is 1. The number of aryl methyl sites for hydroxylation is 1. The SMILES string of the molecule is Cc1ccccc1/C=C1\N=C(C2CCCCC2)OC1=O. The van der Waals surface area contributed by atoms with Gasteiger partial charge in [-0.2, -0.15) is 0 Å². The van der Waals surface area contributed by atoms with Gasteiger partial charge in [0.15, 0.2) is 5.70 Å². The highest BCUT2D eigenvalue weighted by molar-refractivity contribution is 6.07. The molecule has 0 unspecified atom stereocenters. The fourth-order valence-electron chi connectivity index (χ4n) is 2.85. The molecule has 1 saturated carbocycles. The predicted octanol–water partition coefficient (Wildman–Crippen LogP) is 3.87. The van der Waals surface area contributed by atoms with E-state index in [9.17, 15) is 4.79 Å². The lowest BCUT2D eigenvalue weighted by molar-refractivity contribution is -0.130. The van der Waals surface area contributed by atoms with Gasteiger partial charge in [0.2, 0.25) is 5.90 Å². The van der Waals surface area contributed by atoms with Crippen LogP contribution in [0.5, 0.6) is 0 Å². The van der Waals surface area contributed by atoms with Gasteiger partial charge in [0.05, 0.1) is 0 Å². The molecule has 1 aromatic carbocycles. The minimum Gasteiger partial charge on any atom is -0.406 e. The van der Waals surface area contributed by atoms with E-state index >= 15 is 0 Å². The quantitative estimate of drug-likeness (QED) is 0.604. The van der Waals surface area contributed by atoms with E-state index in [4.69, 9.17) is 4.74 Å². The Morgan fingerprint density at radius 2 is 1.95 bits per heavy atom. The van der Waals surface area contributed by atoms with E-state index in [2.05, 4.69) is 4.99 Å². The zero-order valence-electron chi connectivity index (χ0n) is 11.8. The second-order valence-electron chi connectivity index (χ2n) is 5.56. The molecule has 0 atom stereocenters. The largest absolute Gasteiger partial charge is 0.406 e. The minimum absolute atomic E-state index is 0.311. The van der Waals surface area contributed by atoms with Crippen molar-refractivity contribution in [3.8, 4) is 0 Å². The van der Waals surface area contributed by atoms with Crippen LogP contribution in [0.4, 0.5) is 0 Å². The van der Waals surface area contributed by atoms with E-state index in [0.717, 1.165) is 24.0 Å². The lowest BCUT2D eigenvalue weighted by atomic mass is 9.89. The van der Waals surface area contributed by atoms with Gasteiger partial charge in [0.1, 0.15) is 0 Å². The van der Waals surface area contributed by atoms with Crippen molar-refractivity contribution in [2.24, 2.45) is 10.9 Å². The number of benzene rings is 1. The van der Waals surface area contributed by atoms with Crippen LogP contribution < -0.4 is 0 Å². The third-order valence-electron chi connectivity index (χ3n) is 4.07. The Hall–Kier alpha value is -1.90. The normalized spacial score (nSPS) is 21.9. The average Bonchev–Trinajstić information content (AvgIpc) is 2.84. The van der Waals surface area contributed by atoms with Crippen molar-refractivity contribution < 1.29 is 9.53 Å². The van der Waals surface area contributed by atoms with Crippen LogP contribution in [0.1, 0.15) is 43.2 Å². The molecular formula is C17H19NO2. The van der Waals surface area contributed by atoms with Gasteiger partial charge in [-0.1, -0.05) is 43.5 Å². The lowest BCUT2D eigenvalue weighted by Crippen LogP contribution is -2.19. The van der Waals surface area contributed by atoms with E-state index in [1.807, 2.05) is 37.3 Å². The van der Waals surface area contributed by atoms with Crippen molar-refractivity contribution >= 4 is 17.9 Å². The molecule has 1 fully saturated rings. The minimum atomic E-state index is -0.311. The van der Waals surface area contributed by atoms with Crippen molar-refractivity contribution in [3.05, 3.63) is 41.1 Å². The Morgan fingerprint density at radius 1 is 1.20 bits per heavy atom. The molecule has 0 amide bonds. The molecule has 20 heavy (non-hydrogen) atoms. The lowest BCUT2D eigenvalue weighted by Gasteiger charge is -2.19. The molecule has 1 aromatic rings. The summed E-state index contributed by atoms with van der Waals surface area (Å²) in [5.74, 6) is 0.652. The van der Waals surface area contributed by atoms with Crippen LogP contribution in [0.3, 0.4) is 0 Å². The first kappa shape index (κ1) is 13.1. The van der Waals surface area contributed by atoms with Gasteiger partial charge in [-0.15, -0.1) is 0 Å². The zero-order valence-corrected chi connectivity index (χ0v) is 11.8. The monoisotopic (exact) mass is 269 g/mol. The summed E-state index contributed by atoms with van der Waals surface area (Å²) in [6, 6.07) is 7.97. The first-order valence-corrected chi connectivity index (χ1v) is 7.32. The van der Waals surface area contributed by atoms with Gasteiger partial charge in [0.25, 0.3) is 0 Å². The molecule has 2 aliphatic rings. The standard InChI is InChI=1S/C17H19NO2/c1-12-7-5-6-10-14(12)11-15-17(19)20-16(18-15)13-8-3-2-4-9-13/h5-7,10-11,13H,2-4,8-9H2,1H3/b15-11-. The Balaban J connectivity index is 1.85. The zero-order chi connectivity index (χ0) is 13.9. The summed E-state index contributed by atoms with van der Waals surface area (Å²) in [6.07, 6.45) is 7.70. The third kappa shape index (κ3) is 2.67. The van der Waals surface area contributed by atoms with Crippen LogP contribution in [0.25, 0.3) is 6.08 Å². The van der Waals surface area contributed by atoms with E-state index in [1.165, 1.54) is 19.3 Å². The van der Waals surface area contributed by atoms with Gasteiger partial charge >= 0.3 is 5.97 Å². The van der Waals surface area contributed by atoms with Crippen LogP contribution in [0.2, 0.25) is 0 Å². The van der Waals surface area contributed by atoms with Gasteiger partial charge in [-0.3, -0.25) is 0 Å². The summed E-state index contributed by atoms with van der Waals surface area (Å²) >= 11 is 0. The molecule has 0 saturated heterocycles. The van der Waals surface area contributed by atoms with Crippen molar-refractivity contribution in [1.82, 2.24) is 0 Å². The summed E-state index contributed by atoms with van der Waals surface area (Å²) in [7, 11) is 0. The van der Waals surface area contributed by atoms with Crippen molar-refractivity contribution in [2.45, 2.75) is 39.0 Å². The second-order valence-corrected chi connectivity index (χ2v) is 5.56. The molecule has 1 aliphatic heterocycles. The van der Waals surface area contributed by atoms with Gasteiger partial charge in [-0.25, -0.2) is 9.79 Å². The highest BCUT2D eigenvalue weighted by Gasteiger charge is 2.30. The Kier molecular flexibility index (Phi) is 3.68. The van der Waals surface area contributed by atoms with E-state index in [-0.39, 0.29) is 5.97 Å². The van der Waals surface area contributed by atoms with E-state index in [0.29, 0.717) is 17.5 Å². The van der Waals surface area contributed by atoms with Crippen LogP contribution in [0.15, 0.2) is 35.0 Å². The fraction of sp³-hybridized carbons (Fsp3) is 0.412. The number of carbonyl (C=O) groups is 1. The number of carbonyl (C=O) groups excluding carboxylic acids is 1. The summed E-state index contributed by atoms with van der Waals surface area (Å²) in [4.78, 5) is 16.4. The fourth-order valence-corrected chi connectivity index (χ4v) is 2.85. The smallest absolute Gasteiger partial charge is 0.363 e. The number of hydrogen-bond donors (Lipinski definition) is 0. The molecule has 3 nitrogen and oxygen atoms in total. The molecule has 0 aromatic heterocycles. The van der Waals surface area contributed by atoms with Crippen molar-refractivity contribution in [3.63, 3.8) is 0 Å². The van der Waals surface area contributed by atoms with Crippen LogP contribution in [0, 0.1) is 12.8 Å². The van der Waals surface area contributed by atoms with Crippen molar-refractivity contribution in [2.75, 3.05) is 0 Å². The third-order valence-corrected chi connectivity index (χ3v) is 4.07. The molecule has 1 heterocycles. The van der Waals surface area contributed by atoms with E-state index < -0.39 is 0 Å².